The number of hydrogen-bond acceptors (Lipinski definition) is 3. The summed E-state index contributed by atoms with van der Waals surface area (Å²) in [4.78, 5) is 2.48. The minimum Gasteiger partial charge on any atom is -0.393 e. The van der Waals surface area contributed by atoms with E-state index in [-0.39, 0.29) is 6.10 Å². The van der Waals surface area contributed by atoms with E-state index < -0.39 is 0 Å². The predicted molar refractivity (Wildman–Crippen MR) is 77.1 cm³/mol. The molecule has 1 aromatic heterocycles. The summed E-state index contributed by atoms with van der Waals surface area (Å²) < 4.78 is 2.04. The maximum absolute atomic E-state index is 9.74. The van der Waals surface area contributed by atoms with Crippen LogP contribution in [0.3, 0.4) is 0 Å². The molecule has 1 aromatic rings. The Hall–Kier alpha value is -0.870. The van der Waals surface area contributed by atoms with Crippen LogP contribution in [0.4, 0.5) is 0 Å². The molecule has 0 aliphatic carbocycles. The molecule has 1 saturated heterocycles. The smallest absolute Gasteiger partial charge is 0.0669 e. The van der Waals surface area contributed by atoms with Crippen LogP contribution in [-0.2, 0) is 26.4 Å². The van der Waals surface area contributed by atoms with Crippen LogP contribution >= 0.6 is 0 Å². The van der Waals surface area contributed by atoms with Gasteiger partial charge in [-0.3, -0.25) is 9.58 Å². The Morgan fingerprint density at radius 3 is 2.68 bits per heavy atom. The normalized spacial score (nSPS) is 21.6. The summed E-state index contributed by atoms with van der Waals surface area (Å²) in [6.45, 7) is 7.47. The lowest BCUT2D eigenvalue weighted by atomic mass is 10.1. The van der Waals surface area contributed by atoms with Gasteiger partial charge >= 0.3 is 0 Å². The fraction of sp³-hybridized carbons (Fsp3) is 0.800. The number of rotatable bonds is 4. The van der Waals surface area contributed by atoms with Crippen LogP contribution in [0.2, 0.25) is 0 Å². The molecule has 0 saturated carbocycles. The van der Waals surface area contributed by atoms with E-state index in [0.29, 0.717) is 0 Å². The fourth-order valence-corrected chi connectivity index (χ4v) is 3.09. The van der Waals surface area contributed by atoms with Crippen LogP contribution in [-0.4, -0.2) is 39.0 Å². The van der Waals surface area contributed by atoms with Gasteiger partial charge < -0.3 is 5.11 Å². The average molecular weight is 265 g/mol. The van der Waals surface area contributed by atoms with Crippen molar-refractivity contribution in [2.45, 2.75) is 58.6 Å². The Labute approximate surface area is 116 Å². The first-order chi connectivity index (χ1) is 9.15. The Kier molecular flexibility index (Phi) is 4.99. The molecule has 1 aliphatic heterocycles. The highest BCUT2D eigenvalue weighted by Crippen LogP contribution is 2.20. The third-order valence-electron chi connectivity index (χ3n) is 4.20. The van der Waals surface area contributed by atoms with Gasteiger partial charge in [-0.15, -0.1) is 0 Å². The van der Waals surface area contributed by atoms with Crippen molar-refractivity contribution in [3.63, 3.8) is 0 Å². The SMILES string of the molecule is CCc1nn(C)c(CC)c1CN1CCCC(O)CC1. The quantitative estimate of drug-likeness (QED) is 0.904. The predicted octanol–water partition coefficient (Wildman–Crippen LogP) is 1.89. The van der Waals surface area contributed by atoms with Gasteiger partial charge in [-0.25, -0.2) is 0 Å². The van der Waals surface area contributed by atoms with E-state index in [2.05, 4.69) is 23.8 Å². The van der Waals surface area contributed by atoms with Crippen LogP contribution in [0, 0.1) is 0 Å². The molecule has 1 N–H and O–H groups in total. The maximum atomic E-state index is 9.74. The van der Waals surface area contributed by atoms with Crippen molar-refractivity contribution < 1.29 is 5.11 Å². The van der Waals surface area contributed by atoms with Crippen molar-refractivity contribution in [2.75, 3.05) is 13.1 Å². The first-order valence-corrected chi connectivity index (χ1v) is 7.59. The summed E-state index contributed by atoms with van der Waals surface area (Å²) in [5.41, 5.74) is 4.02. The molecule has 1 unspecified atom stereocenters. The Morgan fingerprint density at radius 1 is 1.21 bits per heavy atom. The molecule has 19 heavy (non-hydrogen) atoms. The molecular formula is C15H27N3O. The number of aryl methyl sites for hydroxylation is 2. The number of aromatic nitrogens is 2. The second kappa shape index (κ2) is 6.53. The molecular weight excluding hydrogens is 238 g/mol. The first-order valence-electron chi connectivity index (χ1n) is 7.59. The summed E-state index contributed by atoms with van der Waals surface area (Å²) >= 11 is 0. The van der Waals surface area contributed by atoms with Crippen molar-refractivity contribution in [2.24, 2.45) is 7.05 Å². The number of hydrogen-bond donors (Lipinski definition) is 1. The molecule has 0 radical (unpaired) electrons. The highest BCUT2D eigenvalue weighted by Gasteiger charge is 2.19. The Bertz CT molecular complexity index is 414. The molecule has 2 rings (SSSR count). The number of aliphatic hydroxyl groups excluding tert-OH is 1. The van der Waals surface area contributed by atoms with Crippen molar-refractivity contribution in [3.8, 4) is 0 Å². The summed E-state index contributed by atoms with van der Waals surface area (Å²) in [5.74, 6) is 0. The van der Waals surface area contributed by atoms with Gasteiger partial charge in [-0.1, -0.05) is 13.8 Å². The monoisotopic (exact) mass is 265 g/mol. The molecule has 4 nitrogen and oxygen atoms in total. The molecule has 0 spiro atoms. The lowest BCUT2D eigenvalue weighted by Gasteiger charge is -2.20. The van der Waals surface area contributed by atoms with E-state index in [1.165, 1.54) is 17.0 Å². The topological polar surface area (TPSA) is 41.3 Å². The van der Waals surface area contributed by atoms with E-state index in [9.17, 15) is 5.11 Å². The first kappa shape index (κ1) is 14.5. The third kappa shape index (κ3) is 3.37. The second-order valence-electron chi connectivity index (χ2n) is 5.56. The third-order valence-corrected chi connectivity index (χ3v) is 4.20. The number of likely N-dealkylation sites (tertiary alicyclic amines) is 1. The number of aliphatic hydroxyl groups is 1. The zero-order chi connectivity index (χ0) is 13.8. The van der Waals surface area contributed by atoms with Crippen molar-refractivity contribution in [1.29, 1.82) is 0 Å². The zero-order valence-corrected chi connectivity index (χ0v) is 12.5. The molecule has 1 atom stereocenters. The molecule has 0 amide bonds. The van der Waals surface area contributed by atoms with Gasteiger partial charge in [0.25, 0.3) is 0 Å². The summed E-state index contributed by atoms with van der Waals surface area (Å²) in [7, 11) is 2.05. The number of nitrogens with zero attached hydrogens (tertiary/aromatic N) is 3. The lowest BCUT2D eigenvalue weighted by Crippen LogP contribution is -2.25. The average Bonchev–Trinajstić information content (AvgIpc) is 2.55. The summed E-state index contributed by atoms with van der Waals surface area (Å²) in [5, 5.41) is 14.4. The minimum atomic E-state index is -0.102. The highest BCUT2D eigenvalue weighted by atomic mass is 16.3. The van der Waals surface area contributed by atoms with Gasteiger partial charge in [-0.05, 0) is 38.6 Å². The molecule has 2 heterocycles. The van der Waals surface area contributed by atoms with Gasteiger partial charge in [-0.2, -0.15) is 5.10 Å². The molecule has 0 bridgehead atoms. The van der Waals surface area contributed by atoms with Crippen LogP contribution in [0.15, 0.2) is 0 Å². The fourth-order valence-electron chi connectivity index (χ4n) is 3.09. The van der Waals surface area contributed by atoms with Gasteiger partial charge in [0.1, 0.15) is 0 Å². The maximum Gasteiger partial charge on any atom is 0.0669 e. The molecule has 4 heteroatoms. The van der Waals surface area contributed by atoms with Gasteiger partial charge in [0, 0.05) is 31.4 Å². The largest absolute Gasteiger partial charge is 0.393 e. The minimum absolute atomic E-state index is 0.102. The van der Waals surface area contributed by atoms with Crippen molar-refractivity contribution in [1.82, 2.24) is 14.7 Å². The Morgan fingerprint density at radius 2 is 2.00 bits per heavy atom. The van der Waals surface area contributed by atoms with Gasteiger partial charge in [0.2, 0.25) is 0 Å². The second-order valence-corrected chi connectivity index (χ2v) is 5.56. The summed E-state index contributed by atoms with van der Waals surface area (Å²) in [6, 6.07) is 0. The lowest BCUT2D eigenvalue weighted by molar-refractivity contribution is 0.154. The Balaban J connectivity index is 2.13. The molecule has 1 aliphatic rings. The van der Waals surface area contributed by atoms with E-state index in [0.717, 1.165) is 51.7 Å². The van der Waals surface area contributed by atoms with Crippen LogP contribution < -0.4 is 0 Å². The summed E-state index contributed by atoms with van der Waals surface area (Å²) in [6.07, 6.45) is 4.89. The zero-order valence-electron chi connectivity index (χ0n) is 12.5. The molecule has 108 valence electrons. The molecule has 1 fully saturated rings. The van der Waals surface area contributed by atoms with Crippen molar-refractivity contribution >= 4 is 0 Å². The van der Waals surface area contributed by atoms with Crippen LogP contribution in [0.1, 0.15) is 50.1 Å². The van der Waals surface area contributed by atoms with E-state index in [1.54, 1.807) is 0 Å². The van der Waals surface area contributed by atoms with E-state index in [4.69, 9.17) is 0 Å². The standard InChI is InChI=1S/C15H27N3O/c1-4-14-13(15(5-2)17(3)16-14)11-18-9-6-7-12(19)8-10-18/h12,19H,4-11H2,1-3H3. The van der Waals surface area contributed by atoms with Gasteiger partial charge in [0.15, 0.2) is 0 Å². The van der Waals surface area contributed by atoms with Crippen LogP contribution in [0.5, 0.6) is 0 Å². The van der Waals surface area contributed by atoms with Crippen LogP contribution in [0.25, 0.3) is 0 Å². The van der Waals surface area contributed by atoms with E-state index >= 15 is 0 Å². The highest BCUT2D eigenvalue weighted by molar-refractivity contribution is 5.26. The molecule has 0 aromatic carbocycles. The van der Waals surface area contributed by atoms with Crippen molar-refractivity contribution in [3.05, 3.63) is 17.0 Å². The van der Waals surface area contributed by atoms with Gasteiger partial charge in [0.05, 0.1) is 11.8 Å². The van der Waals surface area contributed by atoms with E-state index in [1.807, 2.05) is 11.7 Å².